The number of hydrogen-bond donors (Lipinski definition) is 0. The van der Waals surface area contributed by atoms with Gasteiger partial charge in [0.1, 0.15) is 0 Å². The first-order valence-electron chi connectivity index (χ1n) is 9.16. The van der Waals surface area contributed by atoms with Gasteiger partial charge in [-0.2, -0.15) is 4.31 Å². The molecule has 1 aliphatic heterocycles. The summed E-state index contributed by atoms with van der Waals surface area (Å²) in [5.41, 5.74) is 2.01. The molecule has 7 nitrogen and oxygen atoms in total. The summed E-state index contributed by atoms with van der Waals surface area (Å²) >= 11 is 0. The van der Waals surface area contributed by atoms with Crippen LogP contribution in [0.2, 0.25) is 0 Å². The van der Waals surface area contributed by atoms with Crippen molar-refractivity contribution in [1.29, 1.82) is 0 Å². The van der Waals surface area contributed by atoms with E-state index in [4.69, 9.17) is 0 Å². The van der Waals surface area contributed by atoms with Crippen molar-refractivity contribution < 1.29 is 13.2 Å². The van der Waals surface area contributed by atoms with Gasteiger partial charge in [0.2, 0.25) is 10.0 Å². The second-order valence-electron chi connectivity index (χ2n) is 6.89. The second kappa shape index (κ2) is 7.44. The maximum absolute atomic E-state index is 12.8. The molecule has 27 heavy (non-hydrogen) atoms. The highest BCUT2D eigenvalue weighted by Gasteiger charge is 2.28. The van der Waals surface area contributed by atoms with Gasteiger partial charge >= 0.3 is 0 Å². The number of carbonyl (C=O) groups excluding carboxylic acids is 1. The molecule has 0 N–H and O–H groups in total. The van der Waals surface area contributed by atoms with E-state index in [-0.39, 0.29) is 17.2 Å². The van der Waals surface area contributed by atoms with Gasteiger partial charge in [-0.15, -0.1) is 0 Å². The molecule has 0 unspecified atom stereocenters. The fourth-order valence-electron chi connectivity index (χ4n) is 3.67. The van der Waals surface area contributed by atoms with Crippen LogP contribution in [0.5, 0.6) is 0 Å². The van der Waals surface area contributed by atoms with Crippen molar-refractivity contribution in [2.45, 2.75) is 51.6 Å². The lowest BCUT2D eigenvalue weighted by Gasteiger charge is -2.16. The molecule has 2 aromatic rings. The van der Waals surface area contributed by atoms with Gasteiger partial charge in [0.25, 0.3) is 5.56 Å². The van der Waals surface area contributed by atoms with Gasteiger partial charge in [-0.1, -0.05) is 0 Å². The molecule has 146 valence electrons. The van der Waals surface area contributed by atoms with Crippen LogP contribution in [-0.4, -0.2) is 40.7 Å². The van der Waals surface area contributed by atoms with Crippen molar-refractivity contribution in [3.8, 4) is 0 Å². The quantitative estimate of drug-likeness (QED) is 0.705. The average molecular weight is 391 g/mol. The van der Waals surface area contributed by atoms with E-state index in [2.05, 4.69) is 0 Å². The van der Waals surface area contributed by atoms with E-state index in [9.17, 15) is 18.0 Å². The predicted octanol–water partition coefficient (Wildman–Crippen LogP) is 1.95. The van der Waals surface area contributed by atoms with Crippen LogP contribution in [0.15, 0.2) is 34.1 Å². The number of pyridine rings is 1. The molecular formula is C19H25N3O4S. The Morgan fingerprint density at radius 2 is 1.81 bits per heavy atom. The SMILES string of the molecule is CCn1c(C)cc(C(=O)Cn2cc(S(=O)(=O)N3CCCC3)ccc2=O)c1C. The van der Waals surface area contributed by atoms with Crippen LogP contribution in [0.1, 0.15) is 41.5 Å². The Labute approximate surface area is 159 Å². The van der Waals surface area contributed by atoms with Crippen molar-refractivity contribution in [1.82, 2.24) is 13.4 Å². The number of aromatic nitrogens is 2. The van der Waals surface area contributed by atoms with Crippen molar-refractivity contribution in [2.24, 2.45) is 0 Å². The lowest BCUT2D eigenvalue weighted by atomic mass is 10.1. The molecule has 3 rings (SSSR count). The van der Waals surface area contributed by atoms with Crippen molar-refractivity contribution in [3.05, 3.63) is 51.7 Å². The number of aryl methyl sites for hydroxylation is 1. The third kappa shape index (κ3) is 3.64. The van der Waals surface area contributed by atoms with Crippen LogP contribution >= 0.6 is 0 Å². The molecule has 0 aromatic carbocycles. The Balaban J connectivity index is 1.91. The number of hydrogen-bond acceptors (Lipinski definition) is 4. The Kier molecular flexibility index (Phi) is 5.39. The zero-order valence-electron chi connectivity index (χ0n) is 15.9. The number of ketones is 1. The van der Waals surface area contributed by atoms with Gasteiger partial charge in [-0.05, 0) is 45.7 Å². The Hall–Kier alpha value is -2.19. The smallest absolute Gasteiger partial charge is 0.251 e. The highest BCUT2D eigenvalue weighted by atomic mass is 32.2. The maximum atomic E-state index is 12.8. The highest BCUT2D eigenvalue weighted by Crippen LogP contribution is 2.20. The summed E-state index contributed by atoms with van der Waals surface area (Å²) in [6, 6.07) is 4.35. The minimum atomic E-state index is -3.63. The largest absolute Gasteiger partial charge is 0.349 e. The van der Waals surface area contributed by atoms with Crippen LogP contribution in [0, 0.1) is 13.8 Å². The second-order valence-corrected chi connectivity index (χ2v) is 8.83. The van der Waals surface area contributed by atoms with E-state index in [1.54, 1.807) is 0 Å². The van der Waals surface area contributed by atoms with Crippen LogP contribution in [-0.2, 0) is 23.1 Å². The molecule has 3 heterocycles. The summed E-state index contributed by atoms with van der Waals surface area (Å²) in [6.07, 6.45) is 2.96. The molecule has 0 spiro atoms. The standard InChI is InChI=1S/C19H25N3O4S/c1-4-22-14(2)11-17(15(22)3)18(23)13-20-12-16(7-8-19(20)24)27(25,26)21-9-5-6-10-21/h7-8,11-12H,4-6,9-10,13H2,1-3H3. The summed E-state index contributed by atoms with van der Waals surface area (Å²) in [5, 5.41) is 0. The lowest BCUT2D eigenvalue weighted by molar-refractivity contribution is 0.0970. The molecule has 0 aliphatic carbocycles. The van der Waals surface area contributed by atoms with Gasteiger partial charge in [-0.25, -0.2) is 8.42 Å². The molecule has 0 saturated carbocycles. The molecule has 1 aliphatic rings. The number of sulfonamides is 1. The Bertz CT molecular complexity index is 1030. The first kappa shape index (κ1) is 19.6. The fourth-order valence-corrected chi connectivity index (χ4v) is 5.21. The van der Waals surface area contributed by atoms with Crippen LogP contribution in [0.25, 0.3) is 0 Å². The van der Waals surface area contributed by atoms with Gasteiger partial charge in [-0.3, -0.25) is 9.59 Å². The molecule has 0 bridgehead atoms. The molecule has 2 aromatic heterocycles. The lowest BCUT2D eigenvalue weighted by Crippen LogP contribution is -2.30. The fraction of sp³-hybridized carbons (Fsp3) is 0.474. The van der Waals surface area contributed by atoms with E-state index >= 15 is 0 Å². The highest BCUT2D eigenvalue weighted by molar-refractivity contribution is 7.89. The average Bonchev–Trinajstić information content (AvgIpc) is 3.25. The Morgan fingerprint density at radius 3 is 2.41 bits per heavy atom. The van der Waals surface area contributed by atoms with Gasteiger partial charge in [0.15, 0.2) is 5.78 Å². The molecule has 0 radical (unpaired) electrons. The molecular weight excluding hydrogens is 366 g/mol. The van der Waals surface area contributed by atoms with E-state index in [1.807, 2.05) is 31.4 Å². The molecule has 1 fully saturated rings. The van der Waals surface area contributed by atoms with Crippen molar-refractivity contribution >= 4 is 15.8 Å². The zero-order chi connectivity index (χ0) is 19.8. The number of nitrogens with zero attached hydrogens (tertiary/aromatic N) is 3. The van der Waals surface area contributed by atoms with Crippen LogP contribution in [0.4, 0.5) is 0 Å². The van der Waals surface area contributed by atoms with Gasteiger partial charge in [0.05, 0.1) is 11.4 Å². The van der Waals surface area contributed by atoms with E-state index < -0.39 is 15.6 Å². The van der Waals surface area contributed by atoms with Crippen molar-refractivity contribution in [3.63, 3.8) is 0 Å². The predicted molar refractivity (Wildman–Crippen MR) is 103 cm³/mol. The minimum absolute atomic E-state index is 0.0517. The zero-order valence-corrected chi connectivity index (χ0v) is 16.8. The number of Topliss-reactive ketones (excluding diaryl/α,β-unsaturated/α-hetero) is 1. The third-order valence-corrected chi connectivity index (χ3v) is 7.05. The number of carbonyl (C=O) groups is 1. The van der Waals surface area contributed by atoms with Crippen LogP contribution < -0.4 is 5.56 Å². The summed E-state index contributed by atoms with van der Waals surface area (Å²) in [4.78, 5) is 25.0. The Morgan fingerprint density at radius 1 is 1.15 bits per heavy atom. The van der Waals surface area contributed by atoms with E-state index in [0.717, 1.165) is 30.8 Å². The molecule has 0 atom stereocenters. The summed E-state index contributed by atoms with van der Waals surface area (Å²) in [5.74, 6) is -0.208. The summed E-state index contributed by atoms with van der Waals surface area (Å²) in [7, 11) is -3.63. The topological polar surface area (TPSA) is 81.4 Å². The first-order valence-corrected chi connectivity index (χ1v) is 10.6. The van der Waals surface area contributed by atoms with Crippen molar-refractivity contribution in [2.75, 3.05) is 13.1 Å². The molecule has 0 amide bonds. The maximum Gasteiger partial charge on any atom is 0.251 e. The summed E-state index contributed by atoms with van der Waals surface area (Å²) < 4.78 is 30.1. The van der Waals surface area contributed by atoms with E-state index in [1.165, 1.54) is 27.2 Å². The summed E-state index contributed by atoms with van der Waals surface area (Å²) in [6.45, 7) is 7.37. The third-order valence-electron chi connectivity index (χ3n) is 5.16. The monoisotopic (exact) mass is 391 g/mol. The van der Waals surface area contributed by atoms with E-state index in [0.29, 0.717) is 18.7 Å². The normalized spacial score (nSPS) is 15.4. The van der Waals surface area contributed by atoms with Gasteiger partial charge < -0.3 is 9.13 Å². The first-order chi connectivity index (χ1) is 12.8. The van der Waals surface area contributed by atoms with Crippen LogP contribution in [0.3, 0.4) is 0 Å². The molecule has 8 heteroatoms. The molecule has 1 saturated heterocycles. The van der Waals surface area contributed by atoms with Gasteiger partial charge in [0, 0.05) is 48.8 Å². The number of rotatable bonds is 6. The minimum Gasteiger partial charge on any atom is -0.349 e.